The molecule has 2 aromatic rings. The Morgan fingerprint density at radius 2 is 1.75 bits per heavy atom. The van der Waals surface area contributed by atoms with Crippen LogP contribution in [0.4, 0.5) is 10.5 Å². The van der Waals surface area contributed by atoms with E-state index in [9.17, 15) is 18.0 Å². The molecule has 170 valence electrons. The van der Waals surface area contributed by atoms with E-state index in [4.69, 9.17) is 23.2 Å². The Morgan fingerprint density at radius 1 is 1.03 bits per heavy atom. The number of benzene rings is 2. The van der Waals surface area contributed by atoms with Gasteiger partial charge in [-0.3, -0.25) is 9.69 Å². The van der Waals surface area contributed by atoms with E-state index in [0.717, 1.165) is 11.3 Å². The van der Waals surface area contributed by atoms with E-state index in [1.807, 2.05) is 6.92 Å². The van der Waals surface area contributed by atoms with Gasteiger partial charge in [-0.05, 0) is 42.8 Å². The van der Waals surface area contributed by atoms with E-state index in [0.29, 0.717) is 18.7 Å². The summed E-state index contributed by atoms with van der Waals surface area (Å²) in [4.78, 5) is 28.2. The third-order valence-electron chi connectivity index (χ3n) is 5.65. The molecule has 2 fully saturated rings. The van der Waals surface area contributed by atoms with Crippen LogP contribution < -0.4 is 10.2 Å². The maximum Gasteiger partial charge on any atom is 0.322 e. The van der Waals surface area contributed by atoms with Crippen molar-refractivity contribution in [3.8, 4) is 0 Å². The smallest absolute Gasteiger partial charge is 0.322 e. The van der Waals surface area contributed by atoms with Gasteiger partial charge in [0.1, 0.15) is 4.90 Å². The maximum atomic E-state index is 13.0. The van der Waals surface area contributed by atoms with E-state index >= 15 is 0 Å². The van der Waals surface area contributed by atoms with Crippen LogP contribution in [0, 0.1) is 6.92 Å². The monoisotopic (exact) mass is 496 g/mol. The molecular weight excluding hydrogens is 475 g/mol. The van der Waals surface area contributed by atoms with Gasteiger partial charge in [-0.15, -0.1) is 0 Å². The van der Waals surface area contributed by atoms with Gasteiger partial charge in [0.05, 0.1) is 10.0 Å². The van der Waals surface area contributed by atoms with Crippen molar-refractivity contribution in [3.63, 3.8) is 0 Å². The number of nitrogens with zero attached hydrogens (tertiary/aromatic N) is 3. The molecule has 0 atom stereocenters. The van der Waals surface area contributed by atoms with Crippen molar-refractivity contribution in [2.75, 3.05) is 44.2 Å². The highest BCUT2D eigenvalue weighted by Gasteiger charge is 2.32. The molecule has 0 unspecified atom stereocenters. The highest BCUT2D eigenvalue weighted by molar-refractivity contribution is 7.89. The Balaban J connectivity index is 1.45. The fraction of sp³-hybridized carbons (Fsp3) is 0.333. The molecule has 2 aromatic carbocycles. The maximum absolute atomic E-state index is 13.0. The highest BCUT2D eigenvalue weighted by atomic mass is 35.5. The number of halogens is 2. The molecule has 0 aromatic heterocycles. The van der Waals surface area contributed by atoms with E-state index < -0.39 is 10.0 Å². The number of aryl methyl sites for hydroxylation is 1. The minimum Gasteiger partial charge on any atom is -0.336 e. The van der Waals surface area contributed by atoms with Crippen molar-refractivity contribution in [1.82, 2.24) is 14.5 Å². The van der Waals surface area contributed by atoms with Crippen LogP contribution in [0.1, 0.15) is 15.9 Å². The van der Waals surface area contributed by atoms with Crippen LogP contribution in [0.25, 0.3) is 0 Å². The molecule has 0 saturated carbocycles. The van der Waals surface area contributed by atoms with Crippen LogP contribution >= 0.6 is 23.2 Å². The Kier molecular flexibility index (Phi) is 6.35. The zero-order valence-corrected chi connectivity index (χ0v) is 19.7. The lowest BCUT2D eigenvalue weighted by atomic mass is 10.1. The van der Waals surface area contributed by atoms with Crippen molar-refractivity contribution in [2.24, 2.45) is 0 Å². The number of hydrogen-bond acceptors (Lipinski definition) is 4. The number of piperazine rings is 1. The zero-order valence-electron chi connectivity index (χ0n) is 17.3. The fourth-order valence-electron chi connectivity index (χ4n) is 3.93. The summed E-state index contributed by atoms with van der Waals surface area (Å²) in [6.07, 6.45) is 0. The molecule has 0 spiro atoms. The van der Waals surface area contributed by atoms with Crippen LogP contribution in [0.5, 0.6) is 0 Å². The van der Waals surface area contributed by atoms with Crippen LogP contribution in [-0.2, 0) is 10.0 Å². The standard InChI is InChI=1S/C21H22Cl2N4O4S/c1-14-13-15(5-6-17(14)27-8-7-24-21(27)29)20(28)25-9-11-26(12-10-25)32(30,31)18-4-2-3-16(22)19(18)23/h2-6,13H,7-12H2,1H3,(H,24,29). The first-order chi connectivity index (χ1) is 15.2. The first kappa shape index (κ1) is 22.8. The second-order valence-electron chi connectivity index (χ2n) is 7.63. The van der Waals surface area contributed by atoms with Crippen molar-refractivity contribution in [3.05, 3.63) is 57.6 Å². The fourth-order valence-corrected chi connectivity index (χ4v) is 6.09. The molecule has 8 nitrogen and oxygen atoms in total. The molecule has 11 heteroatoms. The second-order valence-corrected chi connectivity index (χ2v) is 10.3. The number of urea groups is 1. The predicted molar refractivity (Wildman–Crippen MR) is 123 cm³/mol. The summed E-state index contributed by atoms with van der Waals surface area (Å²) in [5.41, 5.74) is 2.09. The average Bonchev–Trinajstić information content (AvgIpc) is 3.20. The SMILES string of the molecule is Cc1cc(C(=O)N2CCN(S(=O)(=O)c3cccc(Cl)c3Cl)CC2)ccc1N1CCNC1=O. The van der Waals surface area contributed by atoms with Gasteiger partial charge in [0.2, 0.25) is 10.0 Å². The van der Waals surface area contributed by atoms with Crippen LogP contribution in [0.2, 0.25) is 10.0 Å². The minimum absolute atomic E-state index is 0.00470. The number of nitrogens with one attached hydrogen (secondary N) is 1. The number of rotatable bonds is 4. The van der Waals surface area contributed by atoms with Gasteiger partial charge in [0.25, 0.3) is 5.91 Å². The molecule has 32 heavy (non-hydrogen) atoms. The van der Waals surface area contributed by atoms with E-state index in [1.54, 1.807) is 34.1 Å². The first-order valence-electron chi connectivity index (χ1n) is 10.1. The lowest BCUT2D eigenvalue weighted by Gasteiger charge is -2.34. The van der Waals surface area contributed by atoms with E-state index in [-0.39, 0.29) is 53.1 Å². The minimum atomic E-state index is -3.82. The normalized spacial score (nSPS) is 17.5. The summed E-state index contributed by atoms with van der Waals surface area (Å²) in [5, 5.41) is 2.93. The molecule has 2 saturated heterocycles. The van der Waals surface area contributed by atoms with E-state index in [1.165, 1.54) is 16.4 Å². The molecule has 0 aliphatic carbocycles. The molecule has 0 radical (unpaired) electrons. The Labute approximate surface area is 196 Å². The number of hydrogen-bond donors (Lipinski definition) is 1. The summed E-state index contributed by atoms with van der Waals surface area (Å²) in [7, 11) is -3.82. The van der Waals surface area contributed by atoms with Crippen molar-refractivity contribution in [1.29, 1.82) is 0 Å². The van der Waals surface area contributed by atoms with Gasteiger partial charge < -0.3 is 10.2 Å². The number of carbonyl (C=O) groups excluding carboxylic acids is 2. The van der Waals surface area contributed by atoms with Gasteiger partial charge in [-0.2, -0.15) is 4.31 Å². The van der Waals surface area contributed by atoms with Crippen molar-refractivity contribution in [2.45, 2.75) is 11.8 Å². The number of anilines is 1. The largest absolute Gasteiger partial charge is 0.336 e. The Bertz CT molecular complexity index is 1180. The highest BCUT2D eigenvalue weighted by Crippen LogP contribution is 2.31. The molecule has 3 amide bonds. The third-order valence-corrected chi connectivity index (χ3v) is 8.52. The molecule has 0 bridgehead atoms. The van der Waals surface area contributed by atoms with Gasteiger partial charge >= 0.3 is 6.03 Å². The van der Waals surface area contributed by atoms with E-state index in [2.05, 4.69) is 5.32 Å². The molecule has 2 heterocycles. The predicted octanol–water partition coefficient (Wildman–Crippen LogP) is 2.98. The summed E-state index contributed by atoms with van der Waals surface area (Å²) in [5.74, 6) is -0.177. The van der Waals surface area contributed by atoms with Gasteiger partial charge in [-0.1, -0.05) is 29.3 Å². The molecule has 2 aliphatic rings. The van der Waals surface area contributed by atoms with Crippen LogP contribution in [0.15, 0.2) is 41.3 Å². The summed E-state index contributed by atoms with van der Waals surface area (Å²) in [6.45, 7) is 3.85. The average molecular weight is 497 g/mol. The Morgan fingerprint density at radius 3 is 2.38 bits per heavy atom. The Hall–Kier alpha value is -2.33. The van der Waals surface area contributed by atoms with Crippen molar-refractivity contribution >= 4 is 50.9 Å². The summed E-state index contributed by atoms with van der Waals surface area (Å²) >= 11 is 12.1. The number of amides is 3. The lowest BCUT2D eigenvalue weighted by molar-refractivity contribution is 0.0698. The molecular formula is C21H22Cl2N4O4S. The zero-order chi connectivity index (χ0) is 23.0. The molecule has 4 rings (SSSR count). The van der Waals surface area contributed by atoms with Crippen molar-refractivity contribution < 1.29 is 18.0 Å². The lowest BCUT2D eigenvalue weighted by Crippen LogP contribution is -2.50. The quantitative estimate of drug-likeness (QED) is 0.704. The van der Waals surface area contributed by atoms with Gasteiger partial charge in [0.15, 0.2) is 0 Å². The van der Waals surface area contributed by atoms with Gasteiger partial charge in [-0.25, -0.2) is 13.2 Å². The molecule has 2 aliphatic heterocycles. The summed E-state index contributed by atoms with van der Waals surface area (Å²) in [6, 6.07) is 9.58. The number of sulfonamides is 1. The number of carbonyl (C=O) groups is 2. The van der Waals surface area contributed by atoms with Gasteiger partial charge in [0, 0.05) is 50.5 Å². The third kappa shape index (κ3) is 4.17. The van der Waals surface area contributed by atoms with Crippen LogP contribution in [-0.4, -0.2) is 68.8 Å². The second kappa shape index (κ2) is 8.90. The van der Waals surface area contributed by atoms with Crippen LogP contribution in [0.3, 0.4) is 0 Å². The summed E-state index contributed by atoms with van der Waals surface area (Å²) < 4.78 is 27.3. The molecule has 1 N–H and O–H groups in total. The first-order valence-corrected chi connectivity index (χ1v) is 12.3. The topological polar surface area (TPSA) is 90.0 Å².